The molecular weight excluding hydrogens is 386 g/mol. The first kappa shape index (κ1) is 17.7. The normalized spacial score (nSPS) is 14.2. The number of rotatable bonds is 5. The van der Waals surface area contributed by atoms with E-state index >= 15 is 0 Å². The maximum absolute atomic E-state index is 12.4. The minimum absolute atomic E-state index is 0.164. The third-order valence-corrected chi connectivity index (χ3v) is 4.71. The van der Waals surface area contributed by atoms with Crippen LogP contribution in [0.3, 0.4) is 0 Å². The topological polar surface area (TPSA) is 63.7 Å². The highest BCUT2D eigenvalue weighted by Gasteiger charge is 2.13. The number of halogens is 1. The van der Waals surface area contributed by atoms with Gasteiger partial charge in [-0.1, -0.05) is 6.07 Å². The lowest BCUT2D eigenvalue weighted by atomic mass is 10.2. The van der Waals surface area contributed by atoms with Gasteiger partial charge >= 0.3 is 0 Å². The molecule has 1 saturated heterocycles. The Hall–Kier alpha value is -2.12. The summed E-state index contributed by atoms with van der Waals surface area (Å²) in [6, 6.07) is 9.27. The van der Waals surface area contributed by atoms with E-state index in [9.17, 15) is 4.79 Å². The van der Waals surface area contributed by atoms with Gasteiger partial charge in [-0.3, -0.25) is 4.79 Å². The van der Waals surface area contributed by atoms with Crippen LogP contribution in [0.15, 0.2) is 41.0 Å². The van der Waals surface area contributed by atoms with Gasteiger partial charge in [0, 0.05) is 30.3 Å². The minimum Gasteiger partial charge on any atom is -0.497 e. The first-order valence-electron chi connectivity index (χ1n) is 8.07. The Bertz CT molecular complexity index is 731. The first-order valence-corrected chi connectivity index (χ1v) is 8.86. The molecule has 0 aliphatic carbocycles. The fraction of sp³-hybridized carbons (Fsp3) is 0.333. The molecule has 0 atom stereocenters. The number of carbonyl (C=O) groups is 1. The second kappa shape index (κ2) is 8.31. The first-order chi connectivity index (χ1) is 12.2. The highest BCUT2D eigenvalue weighted by atomic mass is 79.9. The number of hydrogen-bond acceptors (Lipinski definition) is 5. The van der Waals surface area contributed by atoms with E-state index in [0.717, 1.165) is 42.2 Å². The number of aromatic nitrogens is 1. The number of hydrogen-bond donors (Lipinski definition) is 1. The monoisotopic (exact) mass is 405 g/mol. The summed E-state index contributed by atoms with van der Waals surface area (Å²) >= 11 is 3.40. The number of nitrogens with one attached hydrogen (secondary N) is 1. The van der Waals surface area contributed by atoms with Crippen molar-refractivity contribution in [1.29, 1.82) is 0 Å². The molecular formula is C18H20BrN3O3. The van der Waals surface area contributed by atoms with Crippen molar-refractivity contribution in [2.24, 2.45) is 0 Å². The lowest BCUT2D eigenvalue weighted by Gasteiger charge is -2.27. The Balaban J connectivity index is 1.60. The average Bonchev–Trinajstić information content (AvgIpc) is 2.67. The Kier molecular flexibility index (Phi) is 5.88. The van der Waals surface area contributed by atoms with Gasteiger partial charge in [-0.05, 0) is 45.8 Å². The summed E-state index contributed by atoms with van der Waals surface area (Å²) in [5.74, 6) is 1.42. The summed E-state index contributed by atoms with van der Waals surface area (Å²) in [7, 11) is 1.58. The van der Waals surface area contributed by atoms with Crippen molar-refractivity contribution in [3.8, 4) is 5.75 Å². The van der Waals surface area contributed by atoms with Crippen molar-refractivity contribution in [2.75, 3.05) is 38.3 Å². The molecule has 0 saturated carbocycles. The Morgan fingerprint density at radius 2 is 2.12 bits per heavy atom. The van der Waals surface area contributed by atoms with Gasteiger partial charge in [0.1, 0.15) is 11.6 Å². The van der Waals surface area contributed by atoms with Crippen LogP contribution in [0.1, 0.15) is 15.9 Å². The fourth-order valence-electron chi connectivity index (χ4n) is 2.58. The van der Waals surface area contributed by atoms with Crippen LogP contribution in [0.4, 0.5) is 5.82 Å². The molecule has 0 radical (unpaired) electrons. The van der Waals surface area contributed by atoms with E-state index in [2.05, 4.69) is 31.1 Å². The van der Waals surface area contributed by atoms with Crippen LogP contribution < -0.4 is 15.0 Å². The molecule has 1 amide bonds. The Labute approximate surface area is 155 Å². The quantitative estimate of drug-likeness (QED) is 0.827. The van der Waals surface area contributed by atoms with E-state index < -0.39 is 0 Å². The van der Waals surface area contributed by atoms with Crippen molar-refractivity contribution >= 4 is 27.7 Å². The van der Waals surface area contributed by atoms with E-state index in [1.807, 2.05) is 12.1 Å². The smallest absolute Gasteiger partial charge is 0.252 e. The molecule has 2 aromatic rings. The summed E-state index contributed by atoms with van der Waals surface area (Å²) in [5.41, 5.74) is 1.49. The lowest BCUT2D eigenvalue weighted by molar-refractivity contribution is 0.0949. The van der Waals surface area contributed by atoms with Gasteiger partial charge in [0.05, 0.1) is 25.9 Å². The van der Waals surface area contributed by atoms with Crippen LogP contribution in [0.5, 0.6) is 5.75 Å². The summed E-state index contributed by atoms with van der Waals surface area (Å²) in [6.07, 6.45) is 1.80. The van der Waals surface area contributed by atoms with Gasteiger partial charge in [-0.25, -0.2) is 4.98 Å². The molecule has 7 heteroatoms. The predicted octanol–water partition coefficient (Wildman–Crippen LogP) is 2.62. The van der Waals surface area contributed by atoms with Gasteiger partial charge in [0.15, 0.2) is 0 Å². The molecule has 1 aliphatic heterocycles. The zero-order chi connectivity index (χ0) is 17.6. The SMILES string of the molecule is COc1ccc(Br)c(C(=O)NCc2ccc(N3CCOCC3)nc2)c1. The summed E-state index contributed by atoms with van der Waals surface area (Å²) in [5, 5.41) is 2.91. The summed E-state index contributed by atoms with van der Waals surface area (Å²) in [4.78, 5) is 19.1. The molecule has 132 valence electrons. The second-order valence-corrected chi connectivity index (χ2v) is 6.51. The summed E-state index contributed by atoms with van der Waals surface area (Å²) in [6.45, 7) is 3.59. The van der Waals surface area contributed by atoms with Crippen molar-refractivity contribution in [3.05, 3.63) is 52.1 Å². The number of benzene rings is 1. The van der Waals surface area contributed by atoms with Crippen LogP contribution in [0, 0.1) is 0 Å². The number of morpholine rings is 1. The number of carbonyl (C=O) groups excluding carboxylic acids is 1. The van der Waals surface area contributed by atoms with E-state index in [1.54, 1.807) is 31.5 Å². The second-order valence-electron chi connectivity index (χ2n) is 5.65. The minimum atomic E-state index is -0.164. The van der Waals surface area contributed by atoms with E-state index in [-0.39, 0.29) is 5.91 Å². The van der Waals surface area contributed by atoms with Crippen molar-refractivity contribution in [2.45, 2.75) is 6.54 Å². The molecule has 6 nitrogen and oxygen atoms in total. The highest BCUT2D eigenvalue weighted by molar-refractivity contribution is 9.10. The van der Waals surface area contributed by atoms with Crippen molar-refractivity contribution in [1.82, 2.24) is 10.3 Å². The number of anilines is 1. The van der Waals surface area contributed by atoms with Crippen LogP contribution in [0.2, 0.25) is 0 Å². The van der Waals surface area contributed by atoms with Gasteiger partial charge in [-0.15, -0.1) is 0 Å². The predicted molar refractivity (Wildman–Crippen MR) is 99.1 cm³/mol. The van der Waals surface area contributed by atoms with E-state index in [0.29, 0.717) is 17.9 Å². The van der Waals surface area contributed by atoms with Crippen LogP contribution in [-0.4, -0.2) is 44.3 Å². The van der Waals surface area contributed by atoms with Crippen LogP contribution in [-0.2, 0) is 11.3 Å². The Morgan fingerprint density at radius 1 is 1.32 bits per heavy atom. The van der Waals surface area contributed by atoms with Gasteiger partial charge < -0.3 is 19.7 Å². The lowest BCUT2D eigenvalue weighted by Crippen LogP contribution is -2.36. The van der Waals surface area contributed by atoms with Gasteiger partial charge in [0.25, 0.3) is 5.91 Å². The molecule has 25 heavy (non-hydrogen) atoms. The third kappa shape index (κ3) is 4.49. The summed E-state index contributed by atoms with van der Waals surface area (Å²) < 4.78 is 11.2. The maximum Gasteiger partial charge on any atom is 0.252 e. The fourth-order valence-corrected chi connectivity index (χ4v) is 3.01. The molecule has 1 fully saturated rings. The number of ether oxygens (including phenoxy) is 2. The molecule has 3 rings (SSSR count). The number of amides is 1. The van der Waals surface area contributed by atoms with Gasteiger partial charge in [-0.2, -0.15) is 0 Å². The largest absolute Gasteiger partial charge is 0.497 e. The van der Waals surface area contributed by atoms with Crippen LogP contribution >= 0.6 is 15.9 Å². The molecule has 0 bridgehead atoms. The van der Waals surface area contributed by atoms with Crippen LogP contribution in [0.25, 0.3) is 0 Å². The van der Waals surface area contributed by atoms with Crippen molar-refractivity contribution < 1.29 is 14.3 Å². The van der Waals surface area contributed by atoms with E-state index in [1.165, 1.54) is 0 Å². The standard InChI is InChI=1S/C18H20BrN3O3/c1-24-14-3-4-16(19)15(10-14)18(23)21-12-13-2-5-17(20-11-13)22-6-8-25-9-7-22/h2-5,10-11H,6-9,12H2,1H3,(H,21,23). The molecule has 0 spiro atoms. The van der Waals surface area contributed by atoms with Crippen molar-refractivity contribution in [3.63, 3.8) is 0 Å². The molecule has 2 heterocycles. The van der Waals surface area contributed by atoms with E-state index in [4.69, 9.17) is 9.47 Å². The average molecular weight is 406 g/mol. The zero-order valence-electron chi connectivity index (χ0n) is 14.0. The number of methoxy groups -OCH3 is 1. The molecule has 1 aromatic carbocycles. The zero-order valence-corrected chi connectivity index (χ0v) is 15.6. The number of nitrogens with zero attached hydrogens (tertiary/aromatic N) is 2. The molecule has 1 N–H and O–H groups in total. The maximum atomic E-state index is 12.4. The highest BCUT2D eigenvalue weighted by Crippen LogP contribution is 2.22. The molecule has 1 aliphatic rings. The Morgan fingerprint density at radius 3 is 2.80 bits per heavy atom. The van der Waals surface area contributed by atoms with Gasteiger partial charge in [0.2, 0.25) is 0 Å². The third-order valence-electron chi connectivity index (χ3n) is 4.02. The molecule has 0 unspecified atom stereocenters. The molecule has 1 aromatic heterocycles. The number of pyridine rings is 1.